The summed E-state index contributed by atoms with van der Waals surface area (Å²) in [5.74, 6) is 5.76. The van der Waals surface area contributed by atoms with Gasteiger partial charge >= 0.3 is 0 Å². The highest BCUT2D eigenvalue weighted by Crippen LogP contribution is 2.15. The lowest BCUT2D eigenvalue weighted by molar-refractivity contribution is 0.0826. The van der Waals surface area contributed by atoms with Gasteiger partial charge in [0.05, 0.1) is 5.56 Å². The quantitative estimate of drug-likeness (QED) is 0.798. The Morgan fingerprint density at radius 1 is 0.792 bits per heavy atom. The minimum absolute atomic E-state index is 0.148. The van der Waals surface area contributed by atoms with Crippen LogP contribution in [-0.4, -0.2) is 49.8 Å². The molecular weight excluding hydrogens is 300 g/mol. The lowest BCUT2D eigenvalue weighted by atomic mass is 10.0. The highest BCUT2D eigenvalue weighted by Gasteiger charge is 2.16. The normalized spacial score (nSPS) is 9.67. The molecule has 0 aromatic heterocycles. The van der Waals surface area contributed by atoms with E-state index in [9.17, 15) is 9.59 Å². The number of hydrogen-bond acceptors (Lipinski definition) is 2. The van der Waals surface area contributed by atoms with Gasteiger partial charge in [-0.1, -0.05) is 30.0 Å². The van der Waals surface area contributed by atoms with Crippen LogP contribution in [0.1, 0.15) is 31.8 Å². The first-order chi connectivity index (χ1) is 11.4. The monoisotopic (exact) mass is 320 g/mol. The van der Waals surface area contributed by atoms with Gasteiger partial charge in [-0.2, -0.15) is 0 Å². The van der Waals surface area contributed by atoms with Gasteiger partial charge in [-0.05, 0) is 30.3 Å². The molecule has 0 N–H and O–H groups in total. The van der Waals surface area contributed by atoms with Gasteiger partial charge in [0.25, 0.3) is 11.8 Å². The number of amides is 2. The van der Waals surface area contributed by atoms with Gasteiger partial charge in [-0.25, -0.2) is 0 Å². The van der Waals surface area contributed by atoms with Gasteiger partial charge in [-0.3, -0.25) is 9.59 Å². The van der Waals surface area contributed by atoms with Gasteiger partial charge in [0, 0.05) is 44.9 Å². The topological polar surface area (TPSA) is 40.6 Å². The van der Waals surface area contributed by atoms with Gasteiger partial charge in [0.2, 0.25) is 0 Å². The molecule has 0 atom stereocenters. The molecular formula is C20H20N2O2. The Labute approximate surface area is 142 Å². The van der Waals surface area contributed by atoms with Crippen molar-refractivity contribution in [3.63, 3.8) is 0 Å². The standard InChI is InChI=1S/C20H20N2O2/c1-21(2)19(23)17-13-12-16(18(14-17)20(24)22(3)4)11-10-15-8-6-5-7-9-15/h5-9,12-14H,1-4H3. The van der Waals surface area contributed by atoms with E-state index in [1.165, 1.54) is 9.80 Å². The van der Waals surface area contributed by atoms with E-state index in [2.05, 4.69) is 11.8 Å². The maximum Gasteiger partial charge on any atom is 0.254 e. The second-order valence-electron chi connectivity index (χ2n) is 5.78. The van der Waals surface area contributed by atoms with Crippen LogP contribution in [0.2, 0.25) is 0 Å². The fraction of sp³-hybridized carbons (Fsp3) is 0.200. The minimum Gasteiger partial charge on any atom is -0.345 e. The molecule has 0 saturated heterocycles. The van der Waals surface area contributed by atoms with Crippen molar-refractivity contribution in [2.75, 3.05) is 28.2 Å². The molecule has 4 heteroatoms. The molecule has 0 unspecified atom stereocenters. The Hall–Kier alpha value is -3.06. The van der Waals surface area contributed by atoms with E-state index in [4.69, 9.17) is 0 Å². The summed E-state index contributed by atoms with van der Waals surface area (Å²) in [5, 5.41) is 0. The summed E-state index contributed by atoms with van der Waals surface area (Å²) in [5.41, 5.74) is 2.37. The second-order valence-corrected chi connectivity index (χ2v) is 5.78. The van der Waals surface area contributed by atoms with Crippen LogP contribution in [0.25, 0.3) is 0 Å². The van der Waals surface area contributed by atoms with E-state index >= 15 is 0 Å². The van der Waals surface area contributed by atoms with Crippen molar-refractivity contribution in [2.24, 2.45) is 0 Å². The molecule has 2 amide bonds. The summed E-state index contributed by atoms with van der Waals surface area (Å²) < 4.78 is 0. The third kappa shape index (κ3) is 4.02. The average molecular weight is 320 g/mol. The molecule has 0 spiro atoms. The Bertz CT molecular complexity index is 813. The van der Waals surface area contributed by atoms with Crippen molar-refractivity contribution >= 4 is 11.8 Å². The van der Waals surface area contributed by atoms with E-state index in [0.29, 0.717) is 16.7 Å². The SMILES string of the molecule is CN(C)C(=O)c1ccc(C#Cc2ccccc2)c(C(=O)N(C)C)c1. The Morgan fingerprint density at radius 2 is 1.42 bits per heavy atom. The summed E-state index contributed by atoms with van der Waals surface area (Å²) in [7, 11) is 6.71. The van der Waals surface area contributed by atoms with Crippen molar-refractivity contribution in [2.45, 2.75) is 0 Å². The summed E-state index contributed by atoms with van der Waals surface area (Å²) in [6.07, 6.45) is 0. The number of carbonyl (C=O) groups excluding carboxylic acids is 2. The van der Waals surface area contributed by atoms with Crippen LogP contribution < -0.4 is 0 Å². The molecule has 24 heavy (non-hydrogen) atoms. The van der Waals surface area contributed by atoms with Crippen molar-refractivity contribution in [3.05, 3.63) is 70.8 Å². The van der Waals surface area contributed by atoms with E-state index in [-0.39, 0.29) is 11.8 Å². The number of benzene rings is 2. The zero-order valence-corrected chi connectivity index (χ0v) is 14.3. The molecule has 0 radical (unpaired) electrons. The molecule has 122 valence electrons. The van der Waals surface area contributed by atoms with Crippen LogP contribution in [0.15, 0.2) is 48.5 Å². The molecule has 0 fully saturated rings. The van der Waals surface area contributed by atoms with Gasteiger partial charge in [0.1, 0.15) is 0 Å². The summed E-state index contributed by atoms with van der Waals surface area (Å²) in [6.45, 7) is 0. The van der Waals surface area contributed by atoms with Crippen LogP contribution in [-0.2, 0) is 0 Å². The third-order valence-corrected chi connectivity index (χ3v) is 3.42. The first-order valence-electron chi connectivity index (χ1n) is 7.54. The predicted octanol–water partition coefficient (Wildman–Crippen LogP) is 2.49. The molecule has 2 rings (SSSR count). The fourth-order valence-corrected chi connectivity index (χ4v) is 2.12. The van der Waals surface area contributed by atoms with Crippen molar-refractivity contribution in [1.29, 1.82) is 0 Å². The first-order valence-corrected chi connectivity index (χ1v) is 7.54. The molecule has 0 bridgehead atoms. The smallest absolute Gasteiger partial charge is 0.254 e. The molecule has 0 aliphatic rings. The Morgan fingerprint density at radius 3 is 2.00 bits per heavy atom. The molecule has 2 aromatic carbocycles. The maximum absolute atomic E-state index is 12.5. The Kier molecular flexibility index (Phi) is 5.39. The Balaban J connectivity index is 2.49. The van der Waals surface area contributed by atoms with E-state index in [1.807, 2.05) is 30.3 Å². The molecule has 2 aromatic rings. The number of nitrogens with zero attached hydrogens (tertiary/aromatic N) is 2. The highest BCUT2D eigenvalue weighted by atomic mass is 16.2. The van der Waals surface area contributed by atoms with Crippen LogP contribution in [0, 0.1) is 11.8 Å². The lowest BCUT2D eigenvalue weighted by Gasteiger charge is -2.15. The average Bonchev–Trinajstić information content (AvgIpc) is 2.59. The van der Waals surface area contributed by atoms with Gasteiger partial charge < -0.3 is 9.80 Å². The molecule has 4 nitrogen and oxygen atoms in total. The van der Waals surface area contributed by atoms with E-state index in [0.717, 1.165) is 5.56 Å². The van der Waals surface area contributed by atoms with Crippen LogP contribution >= 0.6 is 0 Å². The van der Waals surface area contributed by atoms with Crippen LogP contribution in [0.5, 0.6) is 0 Å². The van der Waals surface area contributed by atoms with Gasteiger partial charge in [0.15, 0.2) is 0 Å². The molecule has 0 saturated carbocycles. The van der Waals surface area contributed by atoms with Crippen molar-refractivity contribution < 1.29 is 9.59 Å². The highest BCUT2D eigenvalue weighted by molar-refractivity contribution is 6.01. The lowest BCUT2D eigenvalue weighted by Crippen LogP contribution is -2.25. The first kappa shape index (κ1) is 17.3. The largest absolute Gasteiger partial charge is 0.345 e. The van der Waals surface area contributed by atoms with Crippen LogP contribution in [0.3, 0.4) is 0 Å². The minimum atomic E-state index is -0.180. The maximum atomic E-state index is 12.5. The zero-order chi connectivity index (χ0) is 17.7. The van der Waals surface area contributed by atoms with Crippen LogP contribution in [0.4, 0.5) is 0 Å². The third-order valence-electron chi connectivity index (χ3n) is 3.42. The number of carbonyl (C=O) groups is 2. The number of hydrogen-bond donors (Lipinski definition) is 0. The zero-order valence-electron chi connectivity index (χ0n) is 14.3. The summed E-state index contributed by atoms with van der Waals surface area (Å²) >= 11 is 0. The molecule has 0 aliphatic carbocycles. The predicted molar refractivity (Wildman–Crippen MR) is 94.9 cm³/mol. The van der Waals surface area contributed by atoms with E-state index in [1.54, 1.807) is 46.4 Å². The molecule has 0 heterocycles. The molecule has 0 aliphatic heterocycles. The van der Waals surface area contributed by atoms with Crippen molar-refractivity contribution in [3.8, 4) is 11.8 Å². The second kappa shape index (κ2) is 7.47. The van der Waals surface area contributed by atoms with E-state index < -0.39 is 0 Å². The number of rotatable bonds is 2. The summed E-state index contributed by atoms with van der Waals surface area (Å²) in [6, 6.07) is 14.6. The fourth-order valence-electron chi connectivity index (χ4n) is 2.12. The summed E-state index contributed by atoms with van der Waals surface area (Å²) in [4.78, 5) is 27.6. The van der Waals surface area contributed by atoms with Crippen molar-refractivity contribution in [1.82, 2.24) is 9.80 Å². The van der Waals surface area contributed by atoms with Gasteiger partial charge in [-0.15, -0.1) is 0 Å².